The average Bonchev–Trinajstić information content (AvgIpc) is 3.29. The van der Waals surface area contributed by atoms with Crippen LogP contribution in [-0.4, -0.2) is 10.8 Å². The van der Waals surface area contributed by atoms with Crippen molar-refractivity contribution in [3.63, 3.8) is 0 Å². The summed E-state index contributed by atoms with van der Waals surface area (Å²) in [4.78, 5) is 16.5. The molecule has 3 nitrogen and oxygen atoms in total. The topological polar surface area (TPSA) is 43.1 Å². The van der Waals surface area contributed by atoms with E-state index < -0.39 is 0 Å². The highest BCUT2D eigenvalue weighted by Crippen LogP contribution is 2.29. The van der Waals surface area contributed by atoms with Crippen LogP contribution in [0.1, 0.15) is 16.7 Å². The second kappa shape index (κ2) is 8.93. The lowest BCUT2D eigenvalue weighted by atomic mass is 9.96. The van der Waals surface area contributed by atoms with E-state index in [0.29, 0.717) is 17.3 Å². The van der Waals surface area contributed by atoms with Crippen molar-refractivity contribution in [2.45, 2.75) is 13.3 Å². The number of nitrogens with zero attached hydrogens (tertiary/aromatic N) is 1. The number of ketones is 1. The third-order valence-electron chi connectivity index (χ3n) is 4.89. The Balaban J connectivity index is 1.47. The number of benzene rings is 3. The second-order valence-electron chi connectivity index (χ2n) is 7.09. The Morgan fingerprint density at radius 2 is 1.73 bits per heavy atom. The number of carbonyl (C=O) groups is 1. The summed E-state index contributed by atoms with van der Waals surface area (Å²) in [5.41, 5.74) is 6.24. The molecule has 0 unspecified atom stereocenters. The van der Waals surface area contributed by atoms with Gasteiger partial charge in [0.05, 0.1) is 6.20 Å². The lowest BCUT2D eigenvalue weighted by molar-refractivity contribution is -0.113. The summed E-state index contributed by atoms with van der Waals surface area (Å²) in [6, 6.07) is 21.6. The molecule has 1 aromatic heterocycles. The van der Waals surface area contributed by atoms with Gasteiger partial charge in [0, 0.05) is 17.0 Å². The highest BCUT2D eigenvalue weighted by Gasteiger charge is 2.08. The van der Waals surface area contributed by atoms with Crippen LogP contribution in [0.3, 0.4) is 0 Å². The van der Waals surface area contributed by atoms with Gasteiger partial charge < -0.3 is 4.42 Å². The Bertz CT molecular complexity index is 1170. The molecule has 0 aliphatic carbocycles. The first kappa shape index (κ1) is 19.9. The van der Waals surface area contributed by atoms with Crippen LogP contribution in [-0.2, 0) is 11.2 Å². The van der Waals surface area contributed by atoms with E-state index in [1.807, 2.05) is 60.7 Å². The summed E-state index contributed by atoms with van der Waals surface area (Å²) in [6.45, 7) is 2.08. The van der Waals surface area contributed by atoms with E-state index in [9.17, 15) is 4.79 Å². The molecule has 0 N–H and O–H groups in total. The lowest BCUT2D eigenvalue weighted by Crippen LogP contribution is -1.98. The summed E-state index contributed by atoms with van der Waals surface area (Å²) < 4.78 is 5.41. The molecule has 0 aliphatic rings. The first-order valence-corrected chi connectivity index (χ1v) is 10.0. The summed E-state index contributed by atoms with van der Waals surface area (Å²) in [7, 11) is 0. The number of hydrogen-bond acceptors (Lipinski definition) is 3. The molecule has 3 aromatic carbocycles. The van der Waals surface area contributed by atoms with Gasteiger partial charge in [-0.05, 0) is 65.1 Å². The van der Waals surface area contributed by atoms with Gasteiger partial charge in [-0.2, -0.15) is 0 Å². The standard InChI is InChI=1S/C26H20ClNO2/c1-18-2-8-22(26-28-14-15-30-26)17-25(18)21-9-3-20(4-10-21)16-24(29)13-7-19-5-11-23(27)12-6-19/h2-15,17H,16H2,1H3/b13-7+. The molecule has 0 fully saturated rings. The van der Waals surface area contributed by atoms with Crippen LogP contribution < -0.4 is 0 Å². The van der Waals surface area contributed by atoms with Gasteiger partial charge in [0.15, 0.2) is 5.78 Å². The normalized spacial score (nSPS) is 11.1. The molecule has 148 valence electrons. The molecule has 0 saturated carbocycles. The molecule has 4 aromatic rings. The maximum atomic E-state index is 12.3. The van der Waals surface area contributed by atoms with Crippen LogP contribution in [0.15, 0.2) is 89.7 Å². The monoisotopic (exact) mass is 413 g/mol. The maximum Gasteiger partial charge on any atom is 0.225 e. The van der Waals surface area contributed by atoms with Crippen LogP contribution >= 0.6 is 11.6 Å². The largest absolute Gasteiger partial charge is 0.445 e. The molecule has 4 heteroatoms. The zero-order chi connectivity index (χ0) is 20.9. The van der Waals surface area contributed by atoms with Crippen LogP contribution in [0.25, 0.3) is 28.7 Å². The van der Waals surface area contributed by atoms with Gasteiger partial charge in [-0.1, -0.05) is 60.1 Å². The average molecular weight is 414 g/mol. The lowest BCUT2D eigenvalue weighted by Gasteiger charge is -2.09. The second-order valence-corrected chi connectivity index (χ2v) is 7.53. The molecular weight excluding hydrogens is 394 g/mol. The highest BCUT2D eigenvalue weighted by molar-refractivity contribution is 6.30. The van der Waals surface area contributed by atoms with Gasteiger partial charge in [-0.15, -0.1) is 0 Å². The Kier molecular flexibility index (Phi) is 5.92. The number of hydrogen-bond donors (Lipinski definition) is 0. The number of aryl methyl sites for hydroxylation is 1. The van der Waals surface area contributed by atoms with Crippen LogP contribution in [0.2, 0.25) is 5.02 Å². The van der Waals surface area contributed by atoms with Gasteiger partial charge in [-0.25, -0.2) is 4.98 Å². The van der Waals surface area contributed by atoms with E-state index in [1.54, 1.807) is 18.5 Å². The van der Waals surface area contributed by atoms with E-state index in [2.05, 4.69) is 24.0 Å². The van der Waals surface area contributed by atoms with E-state index in [4.69, 9.17) is 16.0 Å². The van der Waals surface area contributed by atoms with Gasteiger partial charge in [0.25, 0.3) is 0 Å². The number of carbonyl (C=O) groups excluding carboxylic acids is 1. The molecule has 0 spiro atoms. The van der Waals surface area contributed by atoms with Gasteiger partial charge in [0.2, 0.25) is 5.89 Å². The summed E-state index contributed by atoms with van der Waals surface area (Å²) in [5, 5.41) is 0.680. The van der Waals surface area contributed by atoms with Gasteiger partial charge >= 0.3 is 0 Å². The fourth-order valence-corrected chi connectivity index (χ4v) is 3.38. The minimum atomic E-state index is 0.0553. The number of halogens is 1. The minimum Gasteiger partial charge on any atom is -0.445 e. The Labute approximate surface area is 180 Å². The predicted molar refractivity (Wildman–Crippen MR) is 121 cm³/mol. The predicted octanol–water partition coefficient (Wildman–Crippen LogP) is 6.80. The number of oxazole rings is 1. The van der Waals surface area contributed by atoms with Crippen molar-refractivity contribution < 1.29 is 9.21 Å². The quantitative estimate of drug-likeness (QED) is 0.326. The molecule has 0 radical (unpaired) electrons. The van der Waals surface area contributed by atoms with E-state index in [1.165, 1.54) is 5.56 Å². The van der Waals surface area contributed by atoms with Crippen molar-refractivity contribution in [3.8, 4) is 22.6 Å². The van der Waals surface area contributed by atoms with Crippen LogP contribution in [0, 0.1) is 6.92 Å². The molecule has 1 heterocycles. The molecule has 0 bridgehead atoms. The van der Waals surface area contributed by atoms with Crippen molar-refractivity contribution in [2.24, 2.45) is 0 Å². The summed E-state index contributed by atoms with van der Waals surface area (Å²) >= 11 is 5.88. The summed E-state index contributed by atoms with van der Waals surface area (Å²) in [5.74, 6) is 0.658. The molecule has 0 amide bonds. The fourth-order valence-electron chi connectivity index (χ4n) is 3.26. The van der Waals surface area contributed by atoms with Crippen LogP contribution in [0.4, 0.5) is 0 Å². The van der Waals surface area contributed by atoms with E-state index in [-0.39, 0.29) is 5.78 Å². The SMILES string of the molecule is Cc1ccc(-c2ncco2)cc1-c1ccc(CC(=O)/C=C/c2ccc(Cl)cc2)cc1. The number of allylic oxidation sites excluding steroid dienone is 1. The third-order valence-corrected chi connectivity index (χ3v) is 5.14. The van der Waals surface area contributed by atoms with Crippen molar-refractivity contribution in [2.75, 3.05) is 0 Å². The first-order chi connectivity index (χ1) is 14.6. The third kappa shape index (κ3) is 4.76. The molecule has 0 saturated heterocycles. The zero-order valence-corrected chi connectivity index (χ0v) is 17.3. The Morgan fingerprint density at radius 3 is 2.43 bits per heavy atom. The molecule has 0 atom stereocenters. The number of rotatable bonds is 6. The molecule has 30 heavy (non-hydrogen) atoms. The van der Waals surface area contributed by atoms with Crippen molar-refractivity contribution in [1.82, 2.24) is 4.98 Å². The Morgan fingerprint density at radius 1 is 1.00 bits per heavy atom. The summed E-state index contributed by atoms with van der Waals surface area (Å²) in [6.07, 6.45) is 7.00. The van der Waals surface area contributed by atoms with Crippen LogP contribution in [0.5, 0.6) is 0 Å². The Hall–Kier alpha value is -3.43. The molecule has 0 aliphatic heterocycles. The molecular formula is C26H20ClNO2. The fraction of sp³-hybridized carbons (Fsp3) is 0.0769. The van der Waals surface area contributed by atoms with E-state index >= 15 is 0 Å². The maximum absolute atomic E-state index is 12.3. The van der Waals surface area contributed by atoms with Gasteiger partial charge in [0.1, 0.15) is 6.26 Å². The zero-order valence-electron chi connectivity index (χ0n) is 16.5. The van der Waals surface area contributed by atoms with E-state index in [0.717, 1.165) is 27.8 Å². The van der Waals surface area contributed by atoms with Crippen molar-refractivity contribution in [1.29, 1.82) is 0 Å². The van der Waals surface area contributed by atoms with Crippen molar-refractivity contribution >= 4 is 23.5 Å². The number of aromatic nitrogens is 1. The first-order valence-electron chi connectivity index (χ1n) is 9.65. The highest BCUT2D eigenvalue weighted by atomic mass is 35.5. The van der Waals surface area contributed by atoms with Crippen molar-refractivity contribution in [3.05, 3.63) is 107 Å². The van der Waals surface area contributed by atoms with Gasteiger partial charge in [-0.3, -0.25) is 4.79 Å². The smallest absolute Gasteiger partial charge is 0.225 e. The minimum absolute atomic E-state index is 0.0553. The molecule has 4 rings (SSSR count).